The van der Waals surface area contributed by atoms with Crippen molar-refractivity contribution in [1.29, 1.82) is 0 Å². The number of hydrogen-bond acceptors (Lipinski definition) is 2. The third-order valence-electron chi connectivity index (χ3n) is 8.55. The summed E-state index contributed by atoms with van der Waals surface area (Å²) < 4.78 is 0. The Morgan fingerprint density at radius 1 is 0.964 bits per heavy atom. The first-order valence-electron chi connectivity index (χ1n) is 11.4. The predicted octanol–water partition coefficient (Wildman–Crippen LogP) is 6.83. The number of amidine groups is 1. The first-order chi connectivity index (χ1) is 13.2. The van der Waals surface area contributed by atoms with Gasteiger partial charge in [-0.25, -0.2) is 0 Å². The molecule has 3 heteroatoms. The zero-order chi connectivity index (χ0) is 19.7. The molecule has 2 aliphatic carbocycles. The SMILES string of the molecule is CC1(C)CCCC(C)(C)N1C1=NC2(CC1)C1CCC(C1)C2c1ccc(Cl)cc1. The van der Waals surface area contributed by atoms with Gasteiger partial charge in [-0.05, 0) is 102 Å². The highest BCUT2D eigenvalue weighted by Gasteiger charge is 2.61. The Morgan fingerprint density at radius 2 is 1.64 bits per heavy atom. The van der Waals surface area contributed by atoms with E-state index in [0.29, 0.717) is 5.92 Å². The largest absolute Gasteiger partial charge is 0.350 e. The molecular formula is C25H35ClN2. The van der Waals surface area contributed by atoms with Crippen LogP contribution in [0, 0.1) is 11.8 Å². The first kappa shape index (κ1) is 19.0. The molecule has 1 aromatic carbocycles. The Kier molecular flexibility index (Phi) is 4.23. The summed E-state index contributed by atoms with van der Waals surface area (Å²) in [4.78, 5) is 8.43. The van der Waals surface area contributed by atoms with Crippen molar-refractivity contribution in [1.82, 2.24) is 4.90 Å². The molecule has 3 fully saturated rings. The highest BCUT2D eigenvalue weighted by Crippen LogP contribution is 2.64. The lowest BCUT2D eigenvalue weighted by Crippen LogP contribution is -2.60. The van der Waals surface area contributed by atoms with Crippen LogP contribution < -0.4 is 0 Å². The molecule has 0 N–H and O–H groups in total. The topological polar surface area (TPSA) is 15.6 Å². The van der Waals surface area contributed by atoms with Crippen LogP contribution in [0.3, 0.4) is 0 Å². The average Bonchev–Trinajstić information content (AvgIpc) is 3.30. The van der Waals surface area contributed by atoms with E-state index in [1.54, 1.807) is 0 Å². The number of hydrogen-bond donors (Lipinski definition) is 0. The zero-order valence-corrected chi connectivity index (χ0v) is 18.7. The van der Waals surface area contributed by atoms with Crippen LogP contribution in [0.1, 0.15) is 90.5 Å². The van der Waals surface area contributed by atoms with Gasteiger partial charge in [0.15, 0.2) is 0 Å². The molecule has 2 saturated carbocycles. The van der Waals surface area contributed by atoms with E-state index in [9.17, 15) is 0 Å². The van der Waals surface area contributed by atoms with Crippen LogP contribution in [0.15, 0.2) is 29.3 Å². The number of aliphatic imine (C=N–C) groups is 1. The van der Waals surface area contributed by atoms with Gasteiger partial charge in [-0.3, -0.25) is 4.99 Å². The maximum Gasteiger partial charge on any atom is 0.101 e. The van der Waals surface area contributed by atoms with Crippen molar-refractivity contribution < 1.29 is 0 Å². The van der Waals surface area contributed by atoms with Gasteiger partial charge >= 0.3 is 0 Å². The molecule has 2 aliphatic heterocycles. The average molecular weight is 399 g/mol. The van der Waals surface area contributed by atoms with Crippen molar-refractivity contribution in [2.24, 2.45) is 16.8 Å². The van der Waals surface area contributed by atoms with Gasteiger partial charge in [-0.1, -0.05) is 23.7 Å². The highest BCUT2D eigenvalue weighted by molar-refractivity contribution is 6.30. The number of nitrogens with zero attached hydrogens (tertiary/aromatic N) is 2. The summed E-state index contributed by atoms with van der Waals surface area (Å²) in [6, 6.07) is 8.70. The molecule has 28 heavy (non-hydrogen) atoms. The van der Waals surface area contributed by atoms with Gasteiger partial charge in [0.25, 0.3) is 0 Å². The molecule has 4 atom stereocenters. The number of likely N-dealkylation sites (tertiary alicyclic amines) is 1. The normalized spacial score (nSPS) is 38.2. The van der Waals surface area contributed by atoms with Gasteiger partial charge in [-0.15, -0.1) is 0 Å². The lowest BCUT2D eigenvalue weighted by molar-refractivity contribution is 0.0398. The number of piperidine rings is 1. The monoisotopic (exact) mass is 398 g/mol. The quantitative estimate of drug-likeness (QED) is 0.506. The Morgan fingerprint density at radius 3 is 2.32 bits per heavy atom. The molecule has 0 amide bonds. The molecule has 1 aromatic rings. The Hall–Kier alpha value is -1.02. The molecule has 0 radical (unpaired) electrons. The van der Waals surface area contributed by atoms with Crippen molar-refractivity contribution in [3.8, 4) is 0 Å². The molecule has 5 rings (SSSR count). The Bertz CT molecular complexity index is 777. The molecule has 2 heterocycles. The molecule has 1 spiro atoms. The van der Waals surface area contributed by atoms with Crippen molar-refractivity contribution in [3.05, 3.63) is 34.9 Å². The van der Waals surface area contributed by atoms with E-state index in [4.69, 9.17) is 16.6 Å². The van der Waals surface area contributed by atoms with Crippen molar-refractivity contribution >= 4 is 17.4 Å². The maximum absolute atomic E-state index is 6.20. The van der Waals surface area contributed by atoms with E-state index in [1.807, 2.05) is 0 Å². The summed E-state index contributed by atoms with van der Waals surface area (Å²) in [6.45, 7) is 9.72. The molecule has 4 unspecified atom stereocenters. The minimum Gasteiger partial charge on any atom is -0.350 e. The van der Waals surface area contributed by atoms with E-state index in [1.165, 1.54) is 56.3 Å². The second-order valence-corrected chi connectivity index (χ2v) is 11.6. The van der Waals surface area contributed by atoms with E-state index in [-0.39, 0.29) is 16.6 Å². The number of benzene rings is 1. The van der Waals surface area contributed by atoms with Crippen molar-refractivity contribution in [3.63, 3.8) is 0 Å². The Labute approximate surface area is 175 Å². The van der Waals surface area contributed by atoms with Crippen LogP contribution >= 0.6 is 11.6 Å². The lowest BCUT2D eigenvalue weighted by atomic mass is 9.69. The summed E-state index contributed by atoms with van der Waals surface area (Å²) in [5.41, 5.74) is 2.02. The van der Waals surface area contributed by atoms with Crippen molar-refractivity contribution in [2.45, 2.75) is 102 Å². The summed E-state index contributed by atoms with van der Waals surface area (Å²) in [7, 11) is 0. The second kappa shape index (κ2) is 6.24. The Balaban J connectivity index is 1.56. The van der Waals surface area contributed by atoms with Gasteiger partial charge in [0, 0.05) is 28.4 Å². The second-order valence-electron chi connectivity index (χ2n) is 11.1. The van der Waals surface area contributed by atoms with Gasteiger partial charge in [-0.2, -0.15) is 0 Å². The molecule has 152 valence electrons. The van der Waals surface area contributed by atoms with Crippen LogP contribution in [-0.4, -0.2) is 27.4 Å². The van der Waals surface area contributed by atoms with Gasteiger partial charge in [0.1, 0.15) is 5.84 Å². The van der Waals surface area contributed by atoms with E-state index in [0.717, 1.165) is 23.3 Å². The third kappa shape index (κ3) is 2.70. The van der Waals surface area contributed by atoms with Gasteiger partial charge in [0.05, 0.1) is 5.54 Å². The molecule has 2 bridgehead atoms. The minimum absolute atomic E-state index is 0.135. The smallest absolute Gasteiger partial charge is 0.101 e. The molecule has 1 saturated heterocycles. The van der Waals surface area contributed by atoms with Crippen molar-refractivity contribution in [2.75, 3.05) is 0 Å². The number of halogens is 1. The van der Waals surface area contributed by atoms with Crippen LogP contribution in [0.25, 0.3) is 0 Å². The molecular weight excluding hydrogens is 364 g/mol. The minimum atomic E-state index is 0.135. The zero-order valence-electron chi connectivity index (χ0n) is 18.0. The lowest BCUT2D eigenvalue weighted by Gasteiger charge is -2.54. The van der Waals surface area contributed by atoms with Gasteiger partial charge in [0.2, 0.25) is 0 Å². The fourth-order valence-corrected chi connectivity index (χ4v) is 7.83. The number of rotatable bonds is 1. The van der Waals surface area contributed by atoms with E-state index < -0.39 is 0 Å². The summed E-state index contributed by atoms with van der Waals surface area (Å²) in [5.74, 6) is 3.56. The van der Waals surface area contributed by atoms with Crippen LogP contribution in [0.2, 0.25) is 5.02 Å². The summed E-state index contributed by atoms with van der Waals surface area (Å²) in [6.07, 6.45) is 10.4. The molecule has 2 nitrogen and oxygen atoms in total. The predicted molar refractivity (Wildman–Crippen MR) is 118 cm³/mol. The van der Waals surface area contributed by atoms with Crippen LogP contribution in [0.5, 0.6) is 0 Å². The van der Waals surface area contributed by atoms with Crippen LogP contribution in [0.4, 0.5) is 0 Å². The fraction of sp³-hybridized carbons (Fsp3) is 0.720. The van der Waals surface area contributed by atoms with Crippen LogP contribution in [-0.2, 0) is 0 Å². The fourth-order valence-electron chi connectivity index (χ4n) is 7.71. The van der Waals surface area contributed by atoms with E-state index >= 15 is 0 Å². The van der Waals surface area contributed by atoms with Gasteiger partial charge < -0.3 is 4.90 Å². The number of fused-ring (bicyclic) bond motifs is 3. The molecule has 4 aliphatic rings. The highest BCUT2D eigenvalue weighted by atomic mass is 35.5. The third-order valence-corrected chi connectivity index (χ3v) is 8.80. The summed E-state index contributed by atoms with van der Waals surface area (Å²) in [5, 5.41) is 0.841. The summed E-state index contributed by atoms with van der Waals surface area (Å²) >= 11 is 6.20. The van der Waals surface area contributed by atoms with E-state index in [2.05, 4.69) is 56.9 Å². The standard InChI is InChI=1S/C25H35ClN2/c1-23(2)13-5-14-24(3,4)28(23)21-12-15-25(27-21)19-9-6-18(16-19)22(25)17-7-10-20(26)11-8-17/h7-8,10-11,18-19,22H,5-6,9,12-16H2,1-4H3. The maximum atomic E-state index is 6.20. The first-order valence-corrected chi connectivity index (χ1v) is 11.8. The molecule has 0 aromatic heterocycles.